The Labute approximate surface area is 112 Å². The van der Waals surface area contributed by atoms with Crippen molar-refractivity contribution in [2.24, 2.45) is 0 Å². The molecule has 0 heterocycles. The fourth-order valence-corrected chi connectivity index (χ4v) is 1.46. The van der Waals surface area contributed by atoms with Gasteiger partial charge in [-0.25, -0.2) is 0 Å². The van der Waals surface area contributed by atoms with Crippen LogP contribution in [-0.2, 0) is 0 Å². The summed E-state index contributed by atoms with van der Waals surface area (Å²) in [6.07, 6.45) is 1.75. The molecule has 2 rings (SSSR count). The molecule has 0 N–H and O–H groups in total. The maximum Gasteiger partial charge on any atom is -0.0181 e. The molecule has 18 heavy (non-hydrogen) atoms. The first-order valence-corrected chi connectivity index (χ1v) is 6.47. The molecule has 0 heteroatoms. The van der Waals surface area contributed by atoms with E-state index in [9.17, 15) is 0 Å². The topological polar surface area (TPSA) is 0 Å². The highest BCUT2D eigenvalue weighted by atomic mass is 14.0. The zero-order valence-electron chi connectivity index (χ0n) is 12.0. The Kier molecular flexibility index (Phi) is 9.30. The minimum Gasteiger partial charge on any atom is -0.103 e. The monoisotopic (exact) mass is 240 g/mol. The first kappa shape index (κ1) is 16.2. The van der Waals surface area contributed by atoms with Crippen molar-refractivity contribution in [3.8, 4) is 11.1 Å². The van der Waals surface area contributed by atoms with E-state index in [4.69, 9.17) is 0 Å². The van der Waals surface area contributed by atoms with E-state index in [0.29, 0.717) is 0 Å². The molecule has 0 saturated heterocycles. The molecule has 0 saturated carbocycles. The van der Waals surface area contributed by atoms with E-state index in [1.165, 1.54) is 16.7 Å². The highest BCUT2D eigenvalue weighted by Crippen LogP contribution is 2.19. The number of hydrogen-bond donors (Lipinski definition) is 0. The maximum absolute atomic E-state index is 3.36. The van der Waals surface area contributed by atoms with E-state index in [2.05, 4.69) is 62.0 Å². The van der Waals surface area contributed by atoms with Crippen LogP contribution in [0.5, 0.6) is 0 Å². The highest BCUT2D eigenvalue weighted by molar-refractivity contribution is 5.63. The lowest BCUT2D eigenvalue weighted by Crippen LogP contribution is -1.77. The van der Waals surface area contributed by atoms with E-state index in [1.54, 1.807) is 6.08 Å². The van der Waals surface area contributed by atoms with Gasteiger partial charge in [-0.2, -0.15) is 0 Å². The molecule has 0 aliphatic carbocycles. The van der Waals surface area contributed by atoms with Gasteiger partial charge in [0.25, 0.3) is 0 Å². The lowest BCUT2D eigenvalue weighted by Gasteiger charge is -2.01. The number of hydrogen-bond acceptors (Lipinski definition) is 0. The number of allylic oxidation sites excluding steroid dienone is 1. The molecule has 0 aliphatic rings. The van der Waals surface area contributed by atoms with Gasteiger partial charge in [-0.05, 0) is 25.0 Å². The van der Waals surface area contributed by atoms with Crippen molar-refractivity contribution in [1.29, 1.82) is 0 Å². The molecule has 0 atom stereocenters. The Morgan fingerprint density at radius 3 is 1.83 bits per heavy atom. The van der Waals surface area contributed by atoms with E-state index >= 15 is 0 Å². The number of benzene rings is 2. The molecule has 2 aromatic rings. The average molecular weight is 240 g/mol. The summed E-state index contributed by atoms with van der Waals surface area (Å²) < 4.78 is 0. The Hall–Kier alpha value is -1.82. The summed E-state index contributed by atoms with van der Waals surface area (Å²) >= 11 is 0. The van der Waals surface area contributed by atoms with Crippen molar-refractivity contribution < 1.29 is 0 Å². The third kappa shape index (κ3) is 6.05. The standard InChI is InChI=1S/C13H12.C3H6.C2H6/c1-11-6-5-9-13(10-11)12-7-3-2-4-8-12;1-3-2;1-2/h2-10H,1H3;3H,1H2,2H3;1-2H3. The predicted octanol–water partition coefficient (Wildman–Crippen LogP) is 5.88. The second-order valence-corrected chi connectivity index (χ2v) is 3.64. The van der Waals surface area contributed by atoms with Crippen molar-refractivity contribution in [3.63, 3.8) is 0 Å². The van der Waals surface area contributed by atoms with Gasteiger partial charge in [0, 0.05) is 0 Å². The van der Waals surface area contributed by atoms with E-state index in [1.807, 2.05) is 26.8 Å². The van der Waals surface area contributed by atoms with Gasteiger partial charge in [-0.15, -0.1) is 6.58 Å². The molecule has 0 fully saturated rings. The third-order valence-corrected chi connectivity index (χ3v) is 2.13. The van der Waals surface area contributed by atoms with E-state index in [0.717, 1.165) is 0 Å². The first-order chi connectivity index (χ1) is 8.77. The van der Waals surface area contributed by atoms with Crippen molar-refractivity contribution >= 4 is 0 Å². The van der Waals surface area contributed by atoms with Crippen LogP contribution in [0.15, 0.2) is 67.3 Å². The summed E-state index contributed by atoms with van der Waals surface area (Å²) in [5.41, 5.74) is 3.88. The summed E-state index contributed by atoms with van der Waals surface area (Å²) in [6.45, 7) is 11.4. The van der Waals surface area contributed by atoms with Gasteiger partial charge in [0.1, 0.15) is 0 Å². The zero-order chi connectivity index (χ0) is 13.8. The quantitative estimate of drug-likeness (QED) is 0.546. The van der Waals surface area contributed by atoms with Gasteiger partial charge in [-0.1, -0.05) is 80.1 Å². The van der Waals surface area contributed by atoms with Crippen molar-refractivity contribution in [2.75, 3.05) is 0 Å². The van der Waals surface area contributed by atoms with Gasteiger partial charge in [0.05, 0.1) is 0 Å². The molecule has 0 amide bonds. The first-order valence-electron chi connectivity index (χ1n) is 6.47. The van der Waals surface area contributed by atoms with Crippen LogP contribution in [0.1, 0.15) is 26.3 Å². The van der Waals surface area contributed by atoms with Crippen LogP contribution in [0.4, 0.5) is 0 Å². The lowest BCUT2D eigenvalue weighted by molar-refractivity contribution is 1.47. The number of rotatable bonds is 1. The SMILES string of the molecule is C=CC.CC.Cc1cccc(-c2ccccc2)c1. The summed E-state index contributed by atoms with van der Waals surface area (Å²) in [5.74, 6) is 0. The molecule has 0 unspecified atom stereocenters. The molecular weight excluding hydrogens is 216 g/mol. The van der Waals surface area contributed by atoms with Gasteiger partial charge in [0.2, 0.25) is 0 Å². The summed E-state index contributed by atoms with van der Waals surface area (Å²) in [6, 6.07) is 19.0. The summed E-state index contributed by atoms with van der Waals surface area (Å²) in [5, 5.41) is 0. The second-order valence-electron chi connectivity index (χ2n) is 3.64. The molecule has 96 valence electrons. The van der Waals surface area contributed by atoms with Crippen LogP contribution in [0.25, 0.3) is 11.1 Å². The van der Waals surface area contributed by atoms with Crippen molar-refractivity contribution in [2.45, 2.75) is 27.7 Å². The second kappa shape index (κ2) is 10.3. The van der Waals surface area contributed by atoms with Crippen LogP contribution in [0.3, 0.4) is 0 Å². The predicted molar refractivity (Wildman–Crippen MR) is 83.8 cm³/mol. The summed E-state index contributed by atoms with van der Waals surface area (Å²) in [7, 11) is 0. The number of aryl methyl sites for hydroxylation is 1. The van der Waals surface area contributed by atoms with Crippen LogP contribution >= 0.6 is 0 Å². The molecule has 0 bridgehead atoms. The normalized spacial score (nSPS) is 8.22. The Balaban J connectivity index is 0.000000509. The van der Waals surface area contributed by atoms with Crippen LogP contribution < -0.4 is 0 Å². The smallest absolute Gasteiger partial charge is 0.0181 e. The van der Waals surface area contributed by atoms with Gasteiger partial charge in [-0.3, -0.25) is 0 Å². The molecule has 0 aliphatic heterocycles. The Bertz CT molecular complexity index is 427. The van der Waals surface area contributed by atoms with E-state index in [-0.39, 0.29) is 0 Å². The van der Waals surface area contributed by atoms with Gasteiger partial charge < -0.3 is 0 Å². The Morgan fingerprint density at radius 2 is 1.33 bits per heavy atom. The zero-order valence-corrected chi connectivity index (χ0v) is 12.0. The van der Waals surface area contributed by atoms with E-state index < -0.39 is 0 Å². The maximum atomic E-state index is 3.36. The summed E-state index contributed by atoms with van der Waals surface area (Å²) in [4.78, 5) is 0. The Morgan fingerprint density at radius 1 is 0.833 bits per heavy atom. The van der Waals surface area contributed by atoms with Gasteiger partial charge in [0.15, 0.2) is 0 Å². The van der Waals surface area contributed by atoms with Crippen molar-refractivity contribution in [1.82, 2.24) is 0 Å². The molecule has 0 spiro atoms. The molecular formula is C18H24. The molecule has 0 aromatic heterocycles. The largest absolute Gasteiger partial charge is 0.103 e. The minimum atomic E-state index is 1.28. The van der Waals surface area contributed by atoms with Crippen LogP contribution in [0, 0.1) is 6.92 Å². The average Bonchev–Trinajstić information content (AvgIpc) is 2.43. The highest BCUT2D eigenvalue weighted by Gasteiger charge is 1.94. The van der Waals surface area contributed by atoms with Gasteiger partial charge >= 0.3 is 0 Å². The molecule has 0 radical (unpaired) electrons. The molecule has 0 nitrogen and oxygen atoms in total. The van der Waals surface area contributed by atoms with Crippen LogP contribution in [-0.4, -0.2) is 0 Å². The molecule has 2 aromatic carbocycles. The fourth-order valence-electron chi connectivity index (χ4n) is 1.46. The van der Waals surface area contributed by atoms with Crippen LogP contribution in [0.2, 0.25) is 0 Å². The third-order valence-electron chi connectivity index (χ3n) is 2.13. The minimum absolute atomic E-state index is 1.28. The lowest BCUT2D eigenvalue weighted by atomic mass is 10.0. The fraction of sp³-hybridized carbons (Fsp3) is 0.222. The van der Waals surface area contributed by atoms with Crippen molar-refractivity contribution in [3.05, 3.63) is 72.8 Å².